The van der Waals surface area contributed by atoms with Crippen LogP contribution in [0.3, 0.4) is 0 Å². The van der Waals surface area contributed by atoms with Crippen molar-refractivity contribution in [3.05, 3.63) is 29.3 Å². The molecule has 1 aromatic carbocycles. The zero-order chi connectivity index (χ0) is 20.8. The van der Waals surface area contributed by atoms with Crippen molar-refractivity contribution in [2.24, 2.45) is 0 Å². The van der Waals surface area contributed by atoms with Gasteiger partial charge in [-0.3, -0.25) is 4.79 Å². The molecule has 0 aliphatic carbocycles. The molecule has 158 valence electrons. The third-order valence-corrected chi connectivity index (χ3v) is 4.05. The van der Waals surface area contributed by atoms with E-state index in [2.05, 4.69) is 4.74 Å². The minimum Gasteiger partial charge on any atom is -0.426 e. The first-order valence-electron chi connectivity index (χ1n) is 8.79. The number of hydrogen-bond donors (Lipinski definition) is 0. The molecule has 10 heteroatoms. The van der Waals surface area contributed by atoms with Crippen molar-refractivity contribution >= 4 is 5.97 Å². The highest BCUT2D eigenvalue weighted by Gasteiger charge is 2.39. The zero-order valence-electron chi connectivity index (χ0n) is 14.9. The summed E-state index contributed by atoms with van der Waals surface area (Å²) in [7, 11) is 0. The van der Waals surface area contributed by atoms with Crippen molar-refractivity contribution in [3.63, 3.8) is 0 Å². The van der Waals surface area contributed by atoms with E-state index in [0.29, 0.717) is 38.2 Å². The highest BCUT2D eigenvalue weighted by molar-refractivity contribution is 5.72. The second-order valence-corrected chi connectivity index (χ2v) is 6.30. The molecular weight excluding hydrogens is 394 g/mol. The highest BCUT2D eigenvalue weighted by atomic mass is 19.4. The summed E-state index contributed by atoms with van der Waals surface area (Å²) in [4.78, 5) is 11.8. The largest absolute Gasteiger partial charge is 0.426 e. The first-order valence-corrected chi connectivity index (χ1v) is 8.79. The Morgan fingerprint density at radius 2 is 1.82 bits per heavy atom. The standard InChI is InChI=1S/C18H20F6O4/c19-17(20,21)12-7-8-14(13(11-12)18(22,23)24)28-15(25)5-1-3-9-26-16-6-2-4-10-27-16/h7-8,11,16H,1-6,9-10H2. The Labute approximate surface area is 157 Å². The van der Waals surface area contributed by atoms with Gasteiger partial charge in [-0.2, -0.15) is 26.3 Å². The maximum absolute atomic E-state index is 13.0. The van der Waals surface area contributed by atoms with Crippen LogP contribution in [0, 0.1) is 0 Å². The summed E-state index contributed by atoms with van der Waals surface area (Å²) < 4.78 is 92.4. The molecule has 0 radical (unpaired) electrons. The van der Waals surface area contributed by atoms with Crippen LogP contribution >= 0.6 is 0 Å². The van der Waals surface area contributed by atoms with Crippen molar-refractivity contribution in [1.82, 2.24) is 0 Å². The topological polar surface area (TPSA) is 44.8 Å². The van der Waals surface area contributed by atoms with Gasteiger partial charge >= 0.3 is 18.3 Å². The Hall–Kier alpha value is -1.81. The fourth-order valence-electron chi connectivity index (χ4n) is 2.62. The number of alkyl halides is 6. The molecule has 1 unspecified atom stereocenters. The van der Waals surface area contributed by atoms with Crippen LogP contribution in [-0.2, 0) is 26.6 Å². The molecule has 1 fully saturated rings. The Bertz CT molecular complexity index is 650. The van der Waals surface area contributed by atoms with E-state index in [9.17, 15) is 31.1 Å². The van der Waals surface area contributed by atoms with Crippen LogP contribution in [0.5, 0.6) is 5.75 Å². The van der Waals surface area contributed by atoms with Crippen molar-refractivity contribution in [3.8, 4) is 5.75 Å². The molecule has 2 rings (SSSR count). The third-order valence-electron chi connectivity index (χ3n) is 4.05. The van der Waals surface area contributed by atoms with Crippen molar-refractivity contribution in [2.45, 2.75) is 57.2 Å². The molecular formula is C18H20F6O4. The maximum atomic E-state index is 13.0. The lowest BCUT2D eigenvalue weighted by Crippen LogP contribution is -2.22. The van der Waals surface area contributed by atoms with Gasteiger partial charge in [0, 0.05) is 19.6 Å². The fourth-order valence-corrected chi connectivity index (χ4v) is 2.62. The van der Waals surface area contributed by atoms with Gasteiger partial charge in [0.1, 0.15) is 5.75 Å². The van der Waals surface area contributed by atoms with E-state index in [4.69, 9.17) is 9.47 Å². The van der Waals surface area contributed by atoms with Gasteiger partial charge < -0.3 is 14.2 Å². The SMILES string of the molecule is O=C(CCCCOC1CCCCO1)Oc1ccc(C(F)(F)F)cc1C(F)(F)F. The lowest BCUT2D eigenvalue weighted by molar-refractivity contribution is -0.162. The summed E-state index contributed by atoms with van der Waals surface area (Å²) in [5, 5.41) is 0. The Morgan fingerprint density at radius 1 is 1.07 bits per heavy atom. The van der Waals surface area contributed by atoms with E-state index in [1.807, 2.05) is 0 Å². The van der Waals surface area contributed by atoms with Gasteiger partial charge in [-0.15, -0.1) is 0 Å². The minimum atomic E-state index is -5.09. The Kier molecular flexibility index (Phi) is 7.70. The minimum absolute atomic E-state index is 0.0688. The van der Waals surface area contributed by atoms with Crippen LogP contribution < -0.4 is 4.74 Å². The van der Waals surface area contributed by atoms with E-state index >= 15 is 0 Å². The molecule has 0 aromatic heterocycles. The van der Waals surface area contributed by atoms with E-state index in [1.54, 1.807) is 0 Å². The number of unbranched alkanes of at least 4 members (excludes halogenated alkanes) is 1. The van der Waals surface area contributed by atoms with Crippen molar-refractivity contribution in [2.75, 3.05) is 13.2 Å². The molecule has 4 nitrogen and oxygen atoms in total. The monoisotopic (exact) mass is 414 g/mol. The molecule has 1 atom stereocenters. The number of rotatable bonds is 7. The zero-order valence-corrected chi connectivity index (χ0v) is 14.9. The van der Waals surface area contributed by atoms with Gasteiger partial charge in [0.25, 0.3) is 0 Å². The lowest BCUT2D eigenvalue weighted by Gasteiger charge is -2.22. The van der Waals surface area contributed by atoms with Crippen LogP contribution in [0.25, 0.3) is 0 Å². The summed E-state index contributed by atoms with van der Waals surface area (Å²) in [6.07, 6.45) is -6.95. The number of ether oxygens (including phenoxy) is 3. The summed E-state index contributed by atoms with van der Waals surface area (Å²) in [5.41, 5.74) is -3.12. The number of halogens is 6. The first kappa shape index (κ1) is 22.5. The molecule has 1 aliphatic heterocycles. The number of hydrogen-bond acceptors (Lipinski definition) is 4. The third kappa shape index (κ3) is 6.97. The molecule has 0 amide bonds. The second-order valence-electron chi connectivity index (χ2n) is 6.30. The molecule has 0 saturated carbocycles. The van der Waals surface area contributed by atoms with Gasteiger partial charge in [-0.1, -0.05) is 0 Å². The van der Waals surface area contributed by atoms with E-state index in [0.717, 1.165) is 19.3 Å². The quantitative estimate of drug-likeness (QED) is 0.261. The van der Waals surface area contributed by atoms with Gasteiger partial charge in [-0.05, 0) is 50.3 Å². The smallest absolute Gasteiger partial charge is 0.420 e. The number of carbonyl (C=O) groups excluding carboxylic acids is 1. The molecule has 0 bridgehead atoms. The predicted molar refractivity (Wildman–Crippen MR) is 85.5 cm³/mol. The molecule has 28 heavy (non-hydrogen) atoms. The van der Waals surface area contributed by atoms with Crippen LogP contribution in [-0.4, -0.2) is 25.5 Å². The van der Waals surface area contributed by atoms with E-state index < -0.39 is 35.2 Å². The first-order chi connectivity index (χ1) is 13.1. The van der Waals surface area contributed by atoms with Crippen LogP contribution in [0.15, 0.2) is 18.2 Å². The van der Waals surface area contributed by atoms with Crippen LogP contribution in [0.4, 0.5) is 26.3 Å². The summed E-state index contributed by atoms with van der Waals surface area (Å²) in [5.74, 6) is -1.91. The van der Waals surface area contributed by atoms with E-state index in [1.165, 1.54) is 0 Å². The fraction of sp³-hybridized carbons (Fsp3) is 0.611. The Morgan fingerprint density at radius 3 is 2.43 bits per heavy atom. The van der Waals surface area contributed by atoms with Crippen LogP contribution in [0.2, 0.25) is 0 Å². The average Bonchev–Trinajstić information content (AvgIpc) is 2.60. The number of carbonyl (C=O) groups is 1. The van der Waals surface area contributed by atoms with Crippen LogP contribution in [0.1, 0.15) is 49.7 Å². The van der Waals surface area contributed by atoms with Gasteiger partial charge in [0.05, 0.1) is 11.1 Å². The van der Waals surface area contributed by atoms with Gasteiger partial charge in [0.15, 0.2) is 6.29 Å². The molecule has 0 N–H and O–H groups in total. The summed E-state index contributed by atoms with van der Waals surface area (Å²) in [6.45, 7) is 0.956. The summed E-state index contributed by atoms with van der Waals surface area (Å²) >= 11 is 0. The highest BCUT2D eigenvalue weighted by Crippen LogP contribution is 2.40. The normalized spacial score (nSPS) is 18.1. The molecule has 0 spiro atoms. The van der Waals surface area contributed by atoms with Crippen molar-refractivity contribution < 1.29 is 45.3 Å². The van der Waals surface area contributed by atoms with Gasteiger partial charge in [-0.25, -0.2) is 0 Å². The average molecular weight is 414 g/mol. The molecule has 1 heterocycles. The Balaban J connectivity index is 1.85. The molecule has 1 aliphatic rings. The second kappa shape index (κ2) is 9.60. The molecule has 1 saturated heterocycles. The van der Waals surface area contributed by atoms with Gasteiger partial charge in [0.2, 0.25) is 0 Å². The summed E-state index contributed by atoms with van der Waals surface area (Å²) in [6, 6.07) is 0.879. The molecule has 1 aromatic rings. The van der Waals surface area contributed by atoms with E-state index in [-0.39, 0.29) is 18.8 Å². The van der Waals surface area contributed by atoms with Crippen molar-refractivity contribution in [1.29, 1.82) is 0 Å². The number of esters is 1. The number of benzene rings is 1. The maximum Gasteiger partial charge on any atom is 0.420 e. The predicted octanol–water partition coefficient (Wildman–Crippen LogP) is 5.34. The lowest BCUT2D eigenvalue weighted by atomic mass is 10.1.